The molecule has 0 fully saturated rings. The van der Waals surface area contributed by atoms with E-state index in [1.165, 1.54) is 18.3 Å². The van der Waals surface area contributed by atoms with Crippen LogP contribution in [0.5, 0.6) is 0 Å². The van der Waals surface area contributed by atoms with Gasteiger partial charge in [0.05, 0.1) is 22.2 Å². The third kappa shape index (κ3) is 2.71. The topological polar surface area (TPSA) is 64.3 Å². The summed E-state index contributed by atoms with van der Waals surface area (Å²) in [7, 11) is 1.64. The van der Waals surface area contributed by atoms with Gasteiger partial charge in [-0.1, -0.05) is 0 Å². The Hall–Kier alpha value is -1.07. The molecular formula is C9H14N2O2S. The second-order valence-electron chi connectivity index (χ2n) is 2.87. The summed E-state index contributed by atoms with van der Waals surface area (Å²) in [5.74, 6) is 0.00675. The second kappa shape index (κ2) is 4.97. The van der Waals surface area contributed by atoms with Gasteiger partial charge < -0.3 is 15.8 Å². The maximum Gasteiger partial charge on any atom is 0.171 e. The first-order chi connectivity index (χ1) is 6.65. The smallest absolute Gasteiger partial charge is 0.171 e. The Morgan fingerprint density at radius 2 is 2.43 bits per heavy atom. The van der Waals surface area contributed by atoms with E-state index in [4.69, 9.17) is 10.5 Å². The van der Waals surface area contributed by atoms with Gasteiger partial charge in [0.25, 0.3) is 0 Å². The van der Waals surface area contributed by atoms with Gasteiger partial charge in [-0.3, -0.25) is 4.79 Å². The van der Waals surface area contributed by atoms with Gasteiger partial charge in [-0.05, 0) is 6.07 Å². The number of nitrogen functional groups attached to an aromatic ring is 1. The van der Waals surface area contributed by atoms with Crippen LogP contribution in [-0.4, -0.2) is 26.0 Å². The molecule has 14 heavy (non-hydrogen) atoms. The van der Waals surface area contributed by atoms with Crippen LogP contribution in [0, 0.1) is 0 Å². The fraction of sp³-hybridized carbons (Fsp3) is 0.444. The molecule has 5 heteroatoms. The summed E-state index contributed by atoms with van der Waals surface area (Å²) in [5, 5.41) is 4.03. The van der Waals surface area contributed by atoms with Crippen LogP contribution >= 0.6 is 11.3 Å². The summed E-state index contributed by atoms with van der Waals surface area (Å²) in [6, 6.07) is 1.77. The number of ketones is 1. The Labute approximate surface area is 87.1 Å². The van der Waals surface area contributed by atoms with Crippen molar-refractivity contribution in [3.8, 4) is 0 Å². The predicted molar refractivity (Wildman–Crippen MR) is 59.1 cm³/mol. The zero-order chi connectivity index (χ0) is 10.6. The summed E-state index contributed by atoms with van der Waals surface area (Å²) in [4.78, 5) is 11.7. The lowest BCUT2D eigenvalue weighted by Gasteiger charge is -2.00. The minimum Gasteiger partial charge on any atom is -0.397 e. The molecule has 0 amide bonds. The van der Waals surface area contributed by atoms with Crippen molar-refractivity contribution in [1.82, 2.24) is 0 Å². The van der Waals surface area contributed by atoms with Crippen molar-refractivity contribution in [3.05, 3.63) is 10.9 Å². The highest BCUT2D eigenvalue weighted by molar-refractivity contribution is 7.18. The Morgan fingerprint density at radius 1 is 1.71 bits per heavy atom. The quantitative estimate of drug-likeness (QED) is 0.577. The molecule has 1 aromatic rings. The van der Waals surface area contributed by atoms with E-state index in [2.05, 4.69) is 5.32 Å². The van der Waals surface area contributed by atoms with Crippen molar-refractivity contribution in [2.24, 2.45) is 0 Å². The van der Waals surface area contributed by atoms with Gasteiger partial charge >= 0.3 is 0 Å². The van der Waals surface area contributed by atoms with Crippen molar-refractivity contribution in [2.45, 2.75) is 6.92 Å². The minimum atomic E-state index is 0.00675. The Bertz CT molecular complexity index is 323. The van der Waals surface area contributed by atoms with Gasteiger partial charge in [-0.2, -0.15) is 0 Å². The third-order valence-corrected chi connectivity index (χ3v) is 2.90. The number of hydrogen-bond donors (Lipinski definition) is 2. The molecule has 0 atom stereocenters. The molecule has 1 aromatic heterocycles. The van der Waals surface area contributed by atoms with Crippen LogP contribution in [0.15, 0.2) is 6.07 Å². The lowest BCUT2D eigenvalue weighted by molar-refractivity contribution is 0.102. The molecule has 4 nitrogen and oxygen atoms in total. The molecule has 3 N–H and O–H groups in total. The number of ether oxygens (including phenoxy) is 1. The summed E-state index contributed by atoms with van der Waals surface area (Å²) in [6.07, 6.45) is 0. The van der Waals surface area contributed by atoms with E-state index >= 15 is 0 Å². The van der Waals surface area contributed by atoms with Gasteiger partial charge in [0.1, 0.15) is 0 Å². The number of anilines is 2. The highest BCUT2D eigenvalue weighted by atomic mass is 32.1. The van der Waals surface area contributed by atoms with E-state index in [1.807, 2.05) is 0 Å². The number of carbonyl (C=O) groups is 1. The monoisotopic (exact) mass is 214 g/mol. The number of methoxy groups -OCH3 is 1. The van der Waals surface area contributed by atoms with Gasteiger partial charge in [0.2, 0.25) is 0 Å². The van der Waals surface area contributed by atoms with Crippen LogP contribution in [0.2, 0.25) is 0 Å². The lowest BCUT2D eigenvalue weighted by Crippen LogP contribution is -2.06. The Balaban J connectivity index is 2.62. The molecule has 0 aromatic carbocycles. The van der Waals surface area contributed by atoms with Crippen molar-refractivity contribution < 1.29 is 9.53 Å². The highest BCUT2D eigenvalue weighted by Gasteiger charge is 2.09. The molecule has 0 radical (unpaired) electrons. The molecule has 0 unspecified atom stereocenters. The van der Waals surface area contributed by atoms with E-state index in [0.717, 1.165) is 5.00 Å². The van der Waals surface area contributed by atoms with Crippen LogP contribution in [-0.2, 0) is 4.74 Å². The maximum atomic E-state index is 11.1. The largest absolute Gasteiger partial charge is 0.397 e. The maximum absolute atomic E-state index is 11.1. The number of Topliss-reactive ketones (excluding diaryl/α,β-unsaturated/α-hetero) is 1. The van der Waals surface area contributed by atoms with Crippen LogP contribution < -0.4 is 11.1 Å². The summed E-state index contributed by atoms with van der Waals surface area (Å²) in [6.45, 7) is 2.86. The zero-order valence-electron chi connectivity index (χ0n) is 8.29. The van der Waals surface area contributed by atoms with Crippen molar-refractivity contribution in [3.63, 3.8) is 0 Å². The Morgan fingerprint density at radius 3 is 2.93 bits per heavy atom. The molecular weight excluding hydrogens is 200 g/mol. The van der Waals surface area contributed by atoms with Crippen LogP contribution in [0.4, 0.5) is 10.7 Å². The molecule has 0 saturated heterocycles. The van der Waals surface area contributed by atoms with E-state index < -0.39 is 0 Å². The first-order valence-corrected chi connectivity index (χ1v) is 5.10. The summed E-state index contributed by atoms with van der Waals surface area (Å²) in [5.41, 5.74) is 6.21. The third-order valence-electron chi connectivity index (χ3n) is 1.69. The predicted octanol–water partition coefficient (Wildman–Crippen LogP) is 1.59. The second-order valence-corrected chi connectivity index (χ2v) is 3.92. The first kappa shape index (κ1) is 11.0. The minimum absolute atomic E-state index is 0.00675. The average molecular weight is 214 g/mol. The zero-order valence-corrected chi connectivity index (χ0v) is 9.11. The van der Waals surface area contributed by atoms with E-state index in [0.29, 0.717) is 23.7 Å². The van der Waals surface area contributed by atoms with Crippen molar-refractivity contribution in [1.29, 1.82) is 0 Å². The fourth-order valence-corrected chi connectivity index (χ4v) is 1.94. The lowest BCUT2D eigenvalue weighted by atomic mass is 10.3. The fourth-order valence-electron chi connectivity index (χ4n) is 1.04. The summed E-state index contributed by atoms with van der Waals surface area (Å²) >= 11 is 1.38. The van der Waals surface area contributed by atoms with Crippen LogP contribution in [0.1, 0.15) is 16.6 Å². The average Bonchev–Trinajstić information content (AvgIpc) is 2.47. The molecule has 1 heterocycles. The number of rotatable bonds is 5. The van der Waals surface area contributed by atoms with Crippen molar-refractivity contribution >= 4 is 27.8 Å². The summed E-state index contributed by atoms with van der Waals surface area (Å²) < 4.78 is 4.89. The van der Waals surface area contributed by atoms with E-state index in [9.17, 15) is 4.79 Å². The molecule has 0 aliphatic heterocycles. The molecule has 0 spiro atoms. The molecule has 78 valence electrons. The number of carbonyl (C=O) groups excluding carboxylic acids is 1. The molecule has 0 saturated carbocycles. The molecule has 0 aliphatic rings. The number of nitrogens with two attached hydrogens (primary N) is 1. The first-order valence-electron chi connectivity index (χ1n) is 4.28. The van der Waals surface area contributed by atoms with Gasteiger partial charge in [0.15, 0.2) is 5.78 Å². The number of hydrogen-bond acceptors (Lipinski definition) is 5. The standard InChI is InChI=1S/C9H14N2O2S/c1-6(12)9-7(10)5-8(14-9)11-3-4-13-2/h5,11H,3-4,10H2,1-2H3. The SMILES string of the molecule is COCCNc1cc(N)c(C(C)=O)s1. The molecule has 0 bridgehead atoms. The Kier molecular flexibility index (Phi) is 3.91. The van der Waals surface area contributed by atoms with E-state index in [-0.39, 0.29) is 5.78 Å². The van der Waals surface area contributed by atoms with E-state index in [1.54, 1.807) is 13.2 Å². The highest BCUT2D eigenvalue weighted by Crippen LogP contribution is 2.29. The molecule has 1 rings (SSSR count). The van der Waals surface area contributed by atoms with Crippen LogP contribution in [0.25, 0.3) is 0 Å². The molecule has 0 aliphatic carbocycles. The van der Waals surface area contributed by atoms with Crippen molar-refractivity contribution in [2.75, 3.05) is 31.3 Å². The normalized spacial score (nSPS) is 10.1. The van der Waals surface area contributed by atoms with Crippen LogP contribution in [0.3, 0.4) is 0 Å². The number of nitrogens with one attached hydrogen (secondary N) is 1. The number of thiophene rings is 1. The van der Waals surface area contributed by atoms with Gasteiger partial charge in [-0.25, -0.2) is 0 Å². The van der Waals surface area contributed by atoms with Gasteiger partial charge in [-0.15, -0.1) is 11.3 Å². The van der Waals surface area contributed by atoms with Gasteiger partial charge in [0, 0.05) is 20.6 Å².